The normalized spacial score (nSPS) is 12.2. The van der Waals surface area contributed by atoms with Crippen molar-refractivity contribution in [3.63, 3.8) is 0 Å². The van der Waals surface area contributed by atoms with Gasteiger partial charge in [0.1, 0.15) is 6.10 Å². The van der Waals surface area contributed by atoms with E-state index >= 15 is 0 Å². The second-order valence-corrected chi connectivity index (χ2v) is 5.74. The van der Waals surface area contributed by atoms with Crippen molar-refractivity contribution in [3.05, 3.63) is 65.5 Å². The molecule has 0 spiro atoms. The topological polar surface area (TPSA) is 69.4 Å². The van der Waals surface area contributed by atoms with Gasteiger partial charge < -0.3 is 15.4 Å². The first kappa shape index (κ1) is 19.3. The number of rotatable bonds is 7. The third kappa shape index (κ3) is 6.10. The van der Waals surface area contributed by atoms with Gasteiger partial charge in [-0.3, -0.25) is 0 Å². The summed E-state index contributed by atoms with van der Waals surface area (Å²) in [5.74, 6) is 0.517. The Balaban J connectivity index is 1.90. The zero-order valence-corrected chi connectivity index (χ0v) is 15.0. The Morgan fingerprint density at radius 2 is 1.92 bits per heavy atom. The summed E-state index contributed by atoms with van der Waals surface area (Å²) in [5, 5.41) is 15.2. The quantitative estimate of drug-likeness (QED) is 0.592. The van der Waals surface area contributed by atoms with Crippen molar-refractivity contribution in [1.29, 1.82) is 5.26 Å². The van der Waals surface area contributed by atoms with Crippen LogP contribution in [0.25, 0.3) is 0 Å². The van der Waals surface area contributed by atoms with E-state index in [9.17, 15) is 4.39 Å². The van der Waals surface area contributed by atoms with Crippen LogP contribution in [0.2, 0.25) is 0 Å². The summed E-state index contributed by atoms with van der Waals surface area (Å²) in [6.07, 6.45) is -0.231. The molecule has 0 heterocycles. The average molecular weight is 354 g/mol. The minimum atomic E-state index is -0.374. The van der Waals surface area contributed by atoms with Crippen molar-refractivity contribution in [2.45, 2.75) is 26.5 Å². The molecule has 0 radical (unpaired) electrons. The molecule has 2 aromatic carbocycles. The molecule has 1 atom stereocenters. The summed E-state index contributed by atoms with van der Waals surface area (Å²) in [6, 6.07) is 15.8. The van der Waals surface area contributed by atoms with Crippen molar-refractivity contribution in [3.8, 4) is 11.8 Å². The van der Waals surface area contributed by atoms with Crippen molar-refractivity contribution in [2.24, 2.45) is 4.99 Å². The molecule has 136 valence electrons. The van der Waals surface area contributed by atoms with Crippen LogP contribution in [0, 0.1) is 17.1 Å². The predicted octanol–water partition coefficient (Wildman–Crippen LogP) is 3.22. The number of aliphatic imine (C=N–C) groups is 1. The molecule has 26 heavy (non-hydrogen) atoms. The van der Waals surface area contributed by atoms with Crippen molar-refractivity contribution in [2.75, 3.05) is 13.1 Å². The summed E-state index contributed by atoms with van der Waals surface area (Å²) in [6.45, 7) is 5.54. The van der Waals surface area contributed by atoms with Crippen LogP contribution in [0.5, 0.6) is 5.75 Å². The third-order valence-electron chi connectivity index (χ3n) is 3.57. The summed E-state index contributed by atoms with van der Waals surface area (Å²) < 4.78 is 19.2. The van der Waals surface area contributed by atoms with Gasteiger partial charge in [0, 0.05) is 6.54 Å². The Hall–Kier alpha value is -3.07. The first-order chi connectivity index (χ1) is 12.6. The van der Waals surface area contributed by atoms with Gasteiger partial charge >= 0.3 is 0 Å². The number of benzene rings is 2. The van der Waals surface area contributed by atoms with Crippen molar-refractivity contribution in [1.82, 2.24) is 10.6 Å². The van der Waals surface area contributed by atoms with E-state index < -0.39 is 0 Å². The third-order valence-corrected chi connectivity index (χ3v) is 3.57. The van der Waals surface area contributed by atoms with Crippen LogP contribution >= 0.6 is 0 Å². The van der Waals surface area contributed by atoms with Crippen LogP contribution in [-0.2, 0) is 6.54 Å². The Bertz CT molecular complexity index is 768. The van der Waals surface area contributed by atoms with Gasteiger partial charge in [-0.05, 0) is 43.7 Å². The summed E-state index contributed by atoms with van der Waals surface area (Å²) >= 11 is 0. The maximum Gasteiger partial charge on any atom is 0.191 e. The van der Waals surface area contributed by atoms with E-state index in [4.69, 9.17) is 10.00 Å². The number of nitriles is 1. The minimum absolute atomic E-state index is 0.231. The van der Waals surface area contributed by atoms with Gasteiger partial charge in [-0.15, -0.1) is 0 Å². The lowest BCUT2D eigenvalue weighted by Gasteiger charge is -2.18. The molecule has 0 bridgehead atoms. The van der Waals surface area contributed by atoms with E-state index in [0.29, 0.717) is 24.6 Å². The second-order valence-electron chi connectivity index (χ2n) is 5.74. The molecule has 0 fully saturated rings. The van der Waals surface area contributed by atoms with Gasteiger partial charge in [-0.1, -0.05) is 24.3 Å². The fourth-order valence-electron chi connectivity index (χ4n) is 2.24. The molecule has 0 saturated carbocycles. The number of ether oxygens (including phenoxy) is 1. The highest BCUT2D eigenvalue weighted by Gasteiger charge is 2.08. The number of hydrogen-bond acceptors (Lipinski definition) is 3. The van der Waals surface area contributed by atoms with E-state index in [-0.39, 0.29) is 17.7 Å². The lowest BCUT2D eigenvalue weighted by molar-refractivity contribution is 0.214. The number of nitrogens with zero attached hydrogens (tertiary/aromatic N) is 2. The molecule has 0 aliphatic heterocycles. The van der Waals surface area contributed by atoms with E-state index in [1.807, 2.05) is 26.0 Å². The highest BCUT2D eigenvalue weighted by Crippen LogP contribution is 2.16. The zero-order valence-electron chi connectivity index (χ0n) is 15.0. The zero-order chi connectivity index (χ0) is 18.8. The fraction of sp³-hybridized carbons (Fsp3) is 0.300. The van der Waals surface area contributed by atoms with E-state index in [0.717, 1.165) is 12.1 Å². The molecule has 1 unspecified atom stereocenters. The first-order valence-electron chi connectivity index (χ1n) is 8.54. The van der Waals surface area contributed by atoms with Crippen LogP contribution < -0.4 is 15.4 Å². The minimum Gasteiger partial charge on any atom is -0.486 e. The second kappa shape index (κ2) is 10.0. The molecule has 0 aliphatic rings. The lowest BCUT2D eigenvalue weighted by atomic mass is 10.1. The predicted molar refractivity (Wildman–Crippen MR) is 100 cm³/mol. The number of guanidine groups is 1. The monoisotopic (exact) mass is 354 g/mol. The Labute approximate surface area is 153 Å². The summed E-state index contributed by atoms with van der Waals surface area (Å²) in [4.78, 5) is 4.52. The molecule has 2 aromatic rings. The molecule has 0 aromatic heterocycles. The number of nitrogens with one attached hydrogen (secondary N) is 2. The maximum absolute atomic E-state index is 13.6. The standard InChI is InChI=1S/C20H23FN4O/c1-3-23-20(25-14-17-10-8-16(12-22)9-11-17)24-13-15(2)26-19-7-5-4-6-18(19)21/h4-11,15H,3,13-14H2,1-2H3,(H2,23,24,25). The molecule has 0 saturated heterocycles. The van der Waals surface area contributed by atoms with Gasteiger partial charge in [0.15, 0.2) is 17.5 Å². The van der Waals surface area contributed by atoms with Gasteiger partial charge in [-0.25, -0.2) is 9.38 Å². The fourth-order valence-corrected chi connectivity index (χ4v) is 2.24. The van der Waals surface area contributed by atoms with Gasteiger partial charge in [0.05, 0.1) is 24.7 Å². The molecule has 2 rings (SSSR count). The number of hydrogen-bond donors (Lipinski definition) is 2. The van der Waals surface area contributed by atoms with E-state index in [1.165, 1.54) is 6.07 Å². The summed E-state index contributed by atoms with van der Waals surface area (Å²) in [5.41, 5.74) is 1.64. The largest absolute Gasteiger partial charge is 0.486 e. The highest BCUT2D eigenvalue weighted by molar-refractivity contribution is 5.79. The highest BCUT2D eigenvalue weighted by atomic mass is 19.1. The summed E-state index contributed by atoms with van der Waals surface area (Å²) in [7, 11) is 0. The van der Waals surface area contributed by atoms with Crippen LogP contribution in [0.3, 0.4) is 0 Å². The first-order valence-corrected chi connectivity index (χ1v) is 8.54. The molecular formula is C20H23FN4O. The SMILES string of the molecule is CCNC(=NCc1ccc(C#N)cc1)NCC(C)Oc1ccccc1F. The smallest absolute Gasteiger partial charge is 0.191 e. The van der Waals surface area contributed by atoms with Gasteiger partial charge in [-0.2, -0.15) is 5.26 Å². The number of para-hydroxylation sites is 1. The van der Waals surface area contributed by atoms with Crippen molar-refractivity contribution < 1.29 is 9.13 Å². The average Bonchev–Trinajstić information content (AvgIpc) is 2.66. The van der Waals surface area contributed by atoms with Crippen LogP contribution in [0.1, 0.15) is 25.0 Å². The molecule has 6 heteroatoms. The van der Waals surface area contributed by atoms with Gasteiger partial charge in [0.2, 0.25) is 0 Å². The number of halogens is 1. The Morgan fingerprint density at radius 1 is 1.19 bits per heavy atom. The van der Waals surface area contributed by atoms with Gasteiger partial charge in [0.25, 0.3) is 0 Å². The van der Waals surface area contributed by atoms with Crippen LogP contribution in [0.4, 0.5) is 4.39 Å². The van der Waals surface area contributed by atoms with E-state index in [1.54, 1.807) is 30.3 Å². The lowest BCUT2D eigenvalue weighted by Crippen LogP contribution is -2.41. The maximum atomic E-state index is 13.6. The molecule has 0 aliphatic carbocycles. The van der Waals surface area contributed by atoms with Crippen LogP contribution in [-0.4, -0.2) is 25.2 Å². The molecular weight excluding hydrogens is 331 g/mol. The Kier molecular flexibility index (Phi) is 7.44. The van der Waals surface area contributed by atoms with Crippen LogP contribution in [0.15, 0.2) is 53.5 Å². The van der Waals surface area contributed by atoms with E-state index in [2.05, 4.69) is 21.7 Å². The van der Waals surface area contributed by atoms with Crippen molar-refractivity contribution >= 4 is 5.96 Å². The Morgan fingerprint density at radius 3 is 2.58 bits per heavy atom. The molecule has 0 amide bonds. The molecule has 2 N–H and O–H groups in total. The molecule has 5 nitrogen and oxygen atoms in total.